The fourth-order valence-corrected chi connectivity index (χ4v) is 9.67. The summed E-state index contributed by atoms with van der Waals surface area (Å²) < 4.78 is 6.35. The molecule has 0 amide bonds. The molecule has 0 N–H and O–H groups in total. The van der Waals surface area contributed by atoms with Crippen molar-refractivity contribution in [2.45, 2.75) is 62.2 Å². The monoisotopic (exact) mass is 434 g/mol. The smallest absolute Gasteiger partial charge is 0.250 e. The average Bonchev–Trinajstić information content (AvgIpc) is 2.96. The van der Waals surface area contributed by atoms with Crippen LogP contribution in [0, 0.1) is 0 Å². The Kier molecular flexibility index (Phi) is 9.45. The van der Waals surface area contributed by atoms with Crippen LogP contribution < -0.4 is 5.43 Å². The standard InChI is InChI=1S/C23H34O2S2Si/c1-5-20(25-28(6-2,7-3)8-4)14-12-17-23(26-18-13-19-27-23)21-15-10-9-11-16-22(21)24/h5,9-11,14-16H,1,6-8,12-13,17-19H2,2-4H3/b20-14-. The fraction of sp³-hybridized carbons (Fsp3) is 0.522. The minimum Gasteiger partial charge on any atom is -0.544 e. The van der Waals surface area contributed by atoms with Crippen molar-refractivity contribution in [3.05, 3.63) is 70.6 Å². The second kappa shape index (κ2) is 11.3. The molecule has 1 heterocycles. The van der Waals surface area contributed by atoms with Gasteiger partial charge in [-0.05, 0) is 67.1 Å². The highest BCUT2D eigenvalue weighted by Gasteiger charge is 2.36. The minimum absolute atomic E-state index is 0.144. The zero-order valence-electron chi connectivity index (χ0n) is 17.5. The maximum atomic E-state index is 12.7. The van der Waals surface area contributed by atoms with Crippen LogP contribution in [-0.4, -0.2) is 19.8 Å². The number of rotatable bonds is 10. The van der Waals surface area contributed by atoms with Crippen molar-refractivity contribution in [2.75, 3.05) is 11.5 Å². The largest absolute Gasteiger partial charge is 0.544 e. The molecule has 5 heteroatoms. The maximum absolute atomic E-state index is 12.7. The van der Waals surface area contributed by atoms with Crippen LogP contribution in [0.2, 0.25) is 18.1 Å². The Labute approximate surface area is 180 Å². The minimum atomic E-state index is -1.69. The molecule has 0 radical (unpaired) electrons. The Hall–Kier alpha value is -0.913. The summed E-state index contributed by atoms with van der Waals surface area (Å²) in [5.74, 6) is 3.15. The van der Waals surface area contributed by atoms with Gasteiger partial charge in [0.25, 0.3) is 0 Å². The van der Waals surface area contributed by atoms with Crippen molar-refractivity contribution in [3.8, 4) is 0 Å². The molecule has 1 aliphatic rings. The van der Waals surface area contributed by atoms with Crippen molar-refractivity contribution in [3.63, 3.8) is 0 Å². The molecule has 0 bridgehead atoms. The van der Waals surface area contributed by atoms with Gasteiger partial charge in [-0.25, -0.2) is 0 Å². The molecule has 1 aromatic carbocycles. The van der Waals surface area contributed by atoms with Crippen molar-refractivity contribution in [1.29, 1.82) is 0 Å². The fourth-order valence-electron chi connectivity index (χ4n) is 3.64. The van der Waals surface area contributed by atoms with E-state index in [1.807, 2.05) is 53.9 Å². The van der Waals surface area contributed by atoms with Crippen molar-refractivity contribution in [2.24, 2.45) is 0 Å². The van der Waals surface area contributed by atoms with E-state index in [1.54, 1.807) is 6.07 Å². The summed E-state index contributed by atoms with van der Waals surface area (Å²) in [6.45, 7) is 10.7. The lowest BCUT2D eigenvalue weighted by molar-refractivity contribution is 0.419. The van der Waals surface area contributed by atoms with Gasteiger partial charge in [0, 0.05) is 5.56 Å². The molecule has 1 aromatic rings. The summed E-state index contributed by atoms with van der Waals surface area (Å²) in [5, 5.41) is 0. The first kappa shape index (κ1) is 23.4. The van der Waals surface area contributed by atoms with Gasteiger partial charge in [-0.15, -0.1) is 23.5 Å². The van der Waals surface area contributed by atoms with E-state index in [-0.39, 0.29) is 9.51 Å². The zero-order valence-corrected chi connectivity index (χ0v) is 20.2. The van der Waals surface area contributed by atoms with Gasteiger partial charge in [-0.3, -0.25) is 4.79 Å². The summed E-state index contributed by atoms with van der Waals surface area (Å²) in [7, 11) is -1.69. The second-order valence-electron chi connectivity index (χ2n) is 7.19. The quantitative estimate of drug-likeness (QED) is 0.226. The van der Waals surface area contributed by atoms with Crippen molar-refractivity contribution in [1.82, 2.24) is 0 Å². The van der Waals surface area contributed by atoms with Crippen LogP contribution in [0.1, 0.15) is 45.6 Å². The first-order valence-electron chi connectivity index (χ1n) is 10.4. The van der Waals surface area contributed by atoms with Crippen LogP contribution in [0.15, 0.2) is 59.6 Å². The molecular formula is C23H34O2S2Si. The highest BCUT2D eigenvalue weighted by molar-refractivity contribution is 8.18. The molecule has 2 nitrogen and oxygen atoms in total. The Morgan fingerprint density at radius 1 is 1.14 bits per heavy atom. The van der Waals surface area contributed by atoms with Gasteiger partial charge in [-0.2, -0.15) is 0 Å². The first-order chi connectivity index (χ1) is 13.5. The Balaban J connectivity index is 2.22. The van der Waals surface area contributed by atoms with Gasteiger partial charge in [0.1, 0.15) is 0 Å². The maximum Gasteiger partial charge on any atom is 0.250 e. The molecule has 0 aromatic heterocycles. The van der Waals surface area contributed by atoms with Crippen LogP contribution in [0.25, 0.3) is 0 Å². The molecular weight excluding hydrogens is 400 g/mol. The van der Waals surface area contributed by atoms with E-state index in [9.17, 15) is 4.79 Å². The summed E-state index contributed by atoms with van der Waals surface area (Å²) in [6, 6.07) is 12.9. The molecule has 0 saturated carbocycles. The molecule has 0 spiro atoms. The third-order valence-corrected chi connectivity index (χ3v) is 13.7. The number of hydrogen-bond donors (Lipinski definition) is 0. The van der Waals surface area contributed by atoms with Crippen LogP contribution >= 0.6 is 23.5 Å². The Bertz CT molecular complexity index is 714. The predicted molar refractivity (Wildman–Crippen MR) is 130 cm³/mol. The van der Waals surface area contributed by atoms with Gasteiger partial charge >= 0.3 is 0 Å². The molecule has 28 heavy (non-hydrogen) atoms. The van der Waals surface area contributed by atoms with Crippen molar-refractivity contribution < 1.29 is 4.43 Å². The molecule has 154 valence electrons. The van der Waals surface area contributed by atoms with Crippen LogP contribution in [0.4, 0.5) is 0 Å². The highest BCUT2D eigenvalue weighted by atomic mass is 32.2. The molecule has 1 saturated heterocycles. The van der Waals surface area contributed by atoms with Gasteiger partial charge in [-0.1, -0.05) is 51.6 Å². The zero-order chi connectivity index (χ0) is 20.5. The summed E-state index contributed by atoms with van der Waals surface area (Å²) >= 11 is 3.87. The average molecular weight is 435 g/mol. The van der Waals surface area contributed by atoms with E-state index in [2.05, 4.69) is 33.4 Å². The van der Waals surface area contributed by atoms with Gasteiger partial charge in [0.05, 0.1) is 9.84 Å². The molecule has 1 fully saturated rings. The molecule has 1 aliphatic heterocycles. The van der Waals surface area contributed by atoms with E-state index >= 15 is 0 Å². The normalized spacial score (nSPS) is 17.2. The van der Waals surface area contributed by atoms with E-state index < -0.39 is 8.32 Å². The van der Waals surface area contributed by atoms with Crippen LogP contribution in [-0.2, 0) is 8.51 Å². The summed E-state index contributed by atoms with van der Waals surface area (Å²) in [6.07, 6.45) is 7.08. The third-order valence-electron chi connectivity index (χ3n) is 5.66. The second-order valence-corrected chi connectivity index (χ2v) is 14.9. The van der Waals surface area contributed by atoms with Gasteiger partial charge < -0.3 is 4.43 Å². The SMILES string of the molecule is C=C/C(=C/CCC1(c2cccccc2=O)SCCCS1)O[Si](CC)(CC)CC. The van der Waals surface area contributed by atoms with Crippen LogP contribution in [0.5, 0.6) is 0 Å². The van der Waals surface area contributed by atoms with Crippen LogP contribution in [0.3, 0.4) is 0 Å². The lowest BCUT2D eigenvalue weighted by Gasteiger charge is -2.36. The number of hydrogen-bond acceptors (Lipinski definition) is 4. The van der Waals surface area contributed by atoms with Gasteiger partial charge in [0.15, 0.2) is 5.43 Å². The first-order valence-corrected chi connectivity index (χ1v) is 14.9. The topological polar surface area (TPSA) is 26.3 Å². The Morgan fingerprint density at radius 3 is 2.39 bits per heavy atom. The number of allylic oxidation sites excluding steroid dienone is 2. The number of thioether (sulfide) groups is 2. The Morgan fingerprint density at radius 2 is 1.79 bits per heavy atom. The molecule has 0 unspecified atom stereocenters. The lowest BCUT2D eigenvalue weighted by atomic mass is 10.1. The highest BCUT2D eigenvalue weighted by Crippen LogP contribution is 2.52. The van der Waals surface area contributed by atoms with E-state index in [4.69, 9.17) is 4.43 Å². The molecule has 2 rings (SSSR count). The third kappa shape index (κ3) is 5.80. The molecule has 0 aliphatic carbocycles. The van der Waals surface area contributed by atoms with Gasteiger partial charge in [0.2, 0.25) is 8.32 Å². The van der Waals surface area contributed by atoms with E-state index in [0.29, 0.717) is 0 Å². The molecule has 0 atom stereocenters. The summed E-state index contributed by atoms with van der Waals surface area (Å²) in [4.78, 5) is 12.7. The van der Waals surface area contributed by atoms with E-state index in [0.717, 1.165) is 53.8 Å². The van der Waals surface area contributed by atoms with E-state index in [1.165, 1.54) is 6.42 Å². The van der Waals surface area contributed by atoms with Crippen molar-refractivity contribution >= 4 is 31.8 Å². The lowest BCUT2D eigenvalue weighted by Crippen LogP contribution is -2.35. The summed E-state index contributed by atoms with van der Waals surface area (Å²) in [5.41, 5.74) is 1.08. The predicted octanol–water partition coefficient (Wildman–Crippen LogP) is 6.94.